The maximum Gasteiger partial charge on any atom is 0.336 e. The highest BCUT2D eigenvalue weighted by Crippen LogP contribution is 2.40. The zero-order valence-electron chi connectivity index (χ0n) is 13.8. The molecule has 0 aliphatic carbocycles. The average Bonchev–Trinajstić information content (AvgIpc) is 3.00. The summed E-state index contributed by atoms with van der Waals surface area (Å²) in [6, 6.07) is 1.92. The molecule has 1 aromatic rings. The Labute approximate surface area is 140 Å². The van der Waals surface area contributed by atoms with Gasteiger partial charge in [0.15, 0.2) is 0 Å². The van der Waals surface area contributed by atoms with E-state index in [-0.39, 0.29) is 19.2 Å². The first kappa shape index (κ1) is 17.4. The number of hydrogen-bond donors (Lipinski definition) is 0. The number of allylic oxidation sites excluding steroid dienone is 1. The van der Waals surface area contributed by atoms with Crippen molar-refractivity contribution in [1.29, 1.82) is 0 Å². The van der Waals surface area contributed by atoms with Gasteiger partial charge < -0.3 is 9.47 Å². The molecule has 0 aromatic carbocycles. The van der Waals surface area contributed by atoms with Gasteiger partial charge in [-0.25, -0.2) is 4.79 Å². The van der Waals surface area contributed by atoms with Crippen molar-refractivity contribution >= 4 is 29.0 Å². The molecule has 1 aliphatic heterocycles. The van der Waals surface area contributed by atoms with Gasteiger partial charge in [-0.15, -0.1) is 0 Å². The first-order valence-electron chi connectivity index (χ1n) is 7.63. The number of esters is 2. The van der Waals surface area contributed by atoms with Crippen LogP contribution in [0.4, 0.5) is 0 Å². The van der Waals surface area contributed by atoms with Gasteiger partial charge in [0.05, 0.1) is 18.8 Å². The van der Waals surface area contributed by atoms with E-state index in [1.165, 1.54) is 11.3 Å². The number of carbonyl (C=O) groups is 2. The minimum absolute atomic E-state index is 0.277. The molecule has 124 valence electrons. The van der Waals surface area contributed by atoms with E-state index in [1.54, 1.807) is 27.7 Å². The highest BCUT2D eigenvalue weighted by molar-refractivity contribution is 7.08. The van der Waals surface area contributed by atoms with Gasteiger partial charge in [-0.1, -0.05) is 0 Å². The van der Waals surface area contributed by atoms with E-state index in [4.69, 9.17) is 9.47 Å². The van der Waals surface area contributed by atoms with Gasteiger partial charge in [0.2, 0.25) is 0 Å². The minimum Gasteiger partial charge on any atom is -0.465 e. The van der Waals surface area contributed by atoms with E-state index >= 15 is 0 Å². The van der Waals surface area contributed by atoms with Crippen LogP contribution < -0.4 is 0 Å². The fraction of sp³-hybridized carbons (Fsp3) is 0.471. The van der Waals surface area contributed by atoms with Gasteiger partial charge in [-0.2, -0.15) is 11.3 Å². The molecule has 5 nitrogen and oxygen atoms in total. The van der Waals surface area contributed by atoms with Crippen LogP contribution in [0.25, 0.3) is 0 Å². The summed E-state index contributed by atoms with van der Waals surface area (Å²) in [6.07, 6.45) is 0. The number of aliphatic imine (C=N–C) groups is 1. The average molecular weight is 335 g/mol. The highest BCUT2D eigenvalue weighted by Gasteiger charge is 2.42. The molecular formula is C17H21NO4S. The maximum absolute atomic E-state index is 12.5. The van der Waals surface area contributed by atoms with E-state index in [0.29, 0.717) is 17.0 Å². The molecule has 23 heavy (non-hydrogen) atoms. The summed E-state index contributed by atoms with van der Waals surface area (Å²) in [4.78, 5) is 29.3. The molecule has 0 saturated carbocycles. The Morgan fingerprint density at radius 3 is 2.48 bits per heavy atom. The van der Waals surface area contributed by atoms with Crippen LogP contribution in [0.3, 0.4) is 0 Å². The summed E-state index contributed by atoms with van der Waals surface area (Å²) in [5.41, 5.74) is 2.60. The van der Waals surface area contributed by atoms with Gasteiger partial charge in [0.1, 0.15) is 5.92 Å². The molecule has 2 atom stereocenters. The van der Waals surface area contributed by atoms with Crippen molar-refractivity contribution in [2.24, 2.45) is 10.9 Å². The van der Waals surface area contributed by atoms with Crippen molar-refractivity contribution in [3.05, 3.63) is 33.7 Å². The first-order chi connectivity index (χ1) is 11.0. The molecule has 0 saturated heterocycles. The van der Waals surface area contributed by atoms with Crippen molar-refractivity contribution in [2.75, 3.05) is 13.2 Å². The van der Waals surface area contributed by atoms with Gasteiger partial charge in [0.25, 0.3) is 0 Å². The molecule has 2 heterocycles. The zero-order valence-corrected chi connectivity index (χ0v) is 14.6. The molecule has 0 radical (unpaired) electrons. The van der Waals surface area contributed by atoms with Crippen molar-refractivity contribution in [2.45, 2.75) is 33.6 Å². The highest BCUT2D eigenvalue weighted by atomic mass is 32.1. The quantitative estimate of drug-likeness (QED) is 0.774. The van der Waals surface area contributed by atoms with Gasteiger partial charge in [-0.3, -0.25) is 9.79 Å². The summed E-state index contributed by atoms with van der Waals surface area (Å²) in [6.45, 7) is 7.66. The van der Waals surface area contributed by atoms with Gasteiger partial charge >= 0.3 is 11.9 Å². The number of carbonyl (C=O) groups excluding carboxylic acids is 2. The number of hydrogen-bond acceptors (Lipinski definition) is 6. The Morgan fingerprint density at radius 2 is 1.91 bits per heavy atom. The fourth-order valence-corrected chi connectivity index (χ4v) is 3.56. The summed E-state index contributed by atoms with van der Waals surface area (Å²) >= 11 is 1.52. The van der Waals surface area contributed by atoms with Gasteiger partial charge in [-0.05, 0) is 50.1 Å². The smallest absolute Gasteiger partial charge is 0.336 e. The second-order valence-electron chi connectivity index (χ2n) is 5.24. The van der Waals surface area contributed by atoms with E-state index in [1.807, 2.05) is 16.8 Å². The van der Waals surface area contributed by atoms with E-state index in [2.05, 4.69) is 4.99 Å². The third kappa shape index (κ3) is 3.52. The summed E-state index contributed by atoms with van der Waals surface area (Å²) in [5.74, 6) is -1.81. The van der Waals surface area contributed by atoms with Crippen LogP contribution in [0, 0.1) is 5.92 Å². The molecule has 0 amide bonds. The molecule has 1 aliphatic rings. The van der Waals surface area contributed by atoms with Gasteiger partial charge in [0, 0.05) is 17.3 Å². The normalized spacial score (nSPS) is 21.0. The SMILES string of the molecule is CCOC(=O)C1=C(C)N=C(C)C(C(=O)OCC)C1c1ccsc1. The third-order valence-electron chi connectivity index (χ3n) is 3.77. The van der Waals surface area contributed by atoms with Crippen molar-refractivity contribution in [1.82, 2.24) is 0 Å². The van der Waals surface area contributed by atoms with Crippen molar-refractivity contribution < 1.29 is 19.1 Å². The Kier molecular flexibility index (Phi) is 5.71. The lowest BCUT2D eigenvalue weighted by Crippen LogP contribution is -2.36. The predicted octanol–water partition coefficient (Wildman–Crippen LogP) is 3.32. The Balaban J connectivity index is 2.54. The van der Waals surface area contributed by atoms with Crippen molar-refractivity contribution in [3.63, 3.8) is 0 Å². The lowest BCUT2D eigenvalue weighted by atomic mass is 9.76. The van der Waals surface area contributed by atoms with Crippen LogP contribution in [0.2, 0.25) is 0 Å². The second kappa shape index (κ2) is 7.55. The fourth-order valence-electron chi connectivity index (χ4n) is 2.86. The van der Waals surface area contributed by atoms with Crippen LogP contribution in [0.1, 0.15) is 39.2 Å². The third-order valence-corrected chi connectivity index (χ3v) is 4.47. The zero-order chi connectivity index (χ0) is 17.0. The number of rotatable bonds is 5. The summed E-state index contributed by atoms with van der Waals surface area (Å²) in [5, 5.41) is 3.87. The Bertz CT molecular complexity index is 646. The molecule has 1 aromatic heterocycles. The summed E-state index contributed by atoms with van der Waals surface area (Å²) < 4.78 is 10.4. The lowest BCUT2D eigenvalue weighted by Gasteiger charge is -2.30. The molecular weight excluding hydrogens is 314 g/mol. The number of nitrogens with zero attached hydrogens (tertiary/aromatic N) is 1. The van der Waals surface area contributed by atoms with Crippen LogP contribution in [0.5, 0.6) is 0 Å². The largest absolute Gasteiger partial charge is 0.465 e. The maximum atomic E-state index is 12.5. The number of thiophene rings is 1. The number of ether oxygens (including phenoxy) is 2. The molecule has 0 N–H and O–H groups in total. The van der Waals surface area contributed by atoms with Crippen LogP contribution in [-0.4, -0.2) is 30.9 Å². The Morgan fingerprint density at radius 1 is 1.22 bits per heavy atom. The molecule has 0 spiro atoms. The van der Waals surface area contributed by atoms with E-state index in [0.717, 1.165) is 5.56 Å². The molecule has 0 bridgehead atoms. The Hall–Kier alpha value is -1.95. The van der Waals surface area contributed by atoms with Crippen LogP contribution in [0.15, 0.2) is 33.1 Å². The van der Waals surface area contributed by atoms with Crippen LogP contribution in [-0.2, 0) is 19.1 Å². The standard InChI is InChI=1S/C17H21NO4S/c1-5-21-16(19)13-10(3)18-11(4)14(17(20)22-6-2)15(13)12-7-8-23-9-12/h7-9,13,15H,5-6H2,1-4H3. The summed E-state index contributed by atoms with van der Waals surface area (Å²) in [7, 11) is 0. The van der Waals surface area contributed by atoms with E-state index in [9.17, 15) is 9.59 Å². The molecule has 6 heteroatoms. The monoisotopic (exact) mass is 335 g/mol. The predicted molar refractivity (Wildman–Crippen MR) is 89.6 cm³/mol. The molecule has 0 fully saturated rings. The van der Waals surface area contributed by atoms with E-state index < -0.39 is 17.8 Å². The topological polar surface area (TPSA) is 65.0 Å². The minimum atomic E-state index is -0.604. The second-order valence-corrected chi connectivity index (χ2v) is 6.02. The molecule has 2 unspecified atom stereocenters. The molecule has 2 rings (SSSR count). The first-order valence-corrected chi connectivity index (χ1v) is 8.57. The van der Waals surface area contributed by atoms with Crippen molar-refractivity contribution in [3.8, 4) is 0 Å². The van der Waals surface area contributed by atoms with Crippen LogP contribution >= 0.6 is 11.3 Å². The lowest BCUT2D eigenvalue weighted by molar-refractivity contribution is -0.146.